The maximum absolute atomic E-state index is 5.43. The highest BCUT2D eigenvalue weighted by atomic mass is 16.7. The molecule has 36 heavy (non-hydrogen) atoms. The predicted molar refractivity (Wildman–Crippen MR) is 158 cm³/mol. The zero-order valence-corrected chi connectivity index (χ0v) is 24.0. The molecule has 0 amide bonds. The molecule has 0 spiro atoms. The van der Waals surface area contributed by atoms with Crippen molar-refractivity contribution in [3.63, 3.8) is 0 Å². The Balaban J connectivity index is -0.000000420. The summed E-state index contributed by atoms with van der Waals surface area (Å²) in [5.41, 5.74) is 4.15. The first kappa shape index (κ1) is 37.7. The Morgan fingerprint density at radius 1 is 0.861 bits per heavy atom. The largest absolute Gasteiger partial charge is 0.392 e. The van der Waals surface area contributed by atoms with Gasteiger partial charge in [0.2, 0.25) is 0 Å². The van der Waals surface area contributed by atoms with E-state index in [4.69, 9.17) is 20.9 Å². The molecule has 4 rings (SSSR count). The molecule has 0 saturated heterocycles. The Labute approximate surface area is 222 Å². The van der Waals surface area contributed by atoms with Crippen LogP contribution in [0.1, 0.15) is 115 Å². The molecule has 1 aromatic rings. The minimum absolute atomic E-state index is 0. The molecule has 206 valence electrons. The molecule has 3 heterocycles. The maximum atomic E-state index is 5.43. The van der Waals surface area contributed by atoms with E-state index >= 15 is 0 Å². The van der Waals surface area contributed by atoms with E-state index in [1.165, 1.54) is 5.56 Å². The lowest BCUT2D eigenvalue weighted by Gasteiger charge is -2.21. The Bertz CT molecular complexity index is 797. The standard InChI is InChI=1S/C11H13NO.C7H9NO.C5H9NO.3C2H6.CH4/c1-9-8-11(2,13-12-9)10-6-4-3-5-7-10;1-3-4-7-5-6(2)8-9-7;1-4-3-5(2)7-6-4;3*1-2;/h3-7H,8H2,1-2H3;1,7H,4-5H2,2H3;5H,3H2,1-2H3;3*1-2H3;1H4. The van der Waals surface area contributed by atoms with Crippen molar-refractivity contribution >= 4 is 17.1 Å². The van der Waals surface area contributed by atoms with Crippen molar-refractivity contribution in [2.45, 2.75) is 127 Å². The van der Waals surface area contributed by atoms with Crippen LogP contribution in [0.15, 0.2) is 45.8 Å². The quantitative estimate of drug-likeness (QED) is 0.379. The van der Waals surface area contributed by atoms with Crippen molar-refractivity contribution < 1.29 is 14.5 Å². The Hall–Kier alpha value is -2.81. The first-order valence-electron chi connectivity index (χ1n) is 12.9. The summed E-state index contributed by atoms with van der Waals surface area (Å²) in [4.78, 5) is 15.2. The molecule has 0 fully saturated rings. The Kier molecular flexibility index (Phi) is 23.7. The number of oxime groups is 3. The summed E-state index contributed by atoms with van der Waals surface area (Å²) < 4.78 is 0. The van der Waals surface area contributed by atoms with Crippen LogP contribution in [0.3, 0.4) is 0 Å². The summed E-state index contributed by atoms with van der Waals surface area (Å²) >= 11 is 0. The number of nitrogens with zero attached hydrogens (tertiary/aromatic N) is 3. The van der Waals surface area contributed by atoms with Crippen LogP contribution in [0.2, 0.25) is 0 Å². The van der Waals surface area contributed by atoms with Crippen LogP contribution in [0.4, 0.5) is 0 Å². The molecule has 1 aromatic carbocycles. The normalized spacial score (nSPS) is 22.0. The third kappa shape index (κ3) is 15.2. The molecule has 0 bridgehead atoms. The highest BCUT2D eigenvalue weighted by molar-refractivity contribution is 5.84. The smallest absolute Gasteiger partial charge is 0.165 e. The van der Waals surface area contributed by atoms with E-state index in [-0.39, 0.29) is 19.1 Å². The molecule has 3 aliphatic heterocycles. The maximum Gasteiger partial charge on any atom is 0.165 e. The van der Waals surface area contributed by atoms with Crippen molar-refractivity contribution in [3.05, 3.63) is 35.9 Å². The SMILES string of the molecule is C.C#CCC1CC(C)=NO1.CC.CC.CC.CC1=NOC(C)(c2ccccc2)C1.CC1=NOC(C)C1. The third-order valence-electron chi connectivity index (χ3n) is 4.58. The van der Waals surface area contributed by atoms with E-state index in [0.29, 0.717) is 12.5 Å². The van der Waals surface area contributed by atoms with Crippen LogP contribution in [0, 0.1) is 12.3 Å². The van der Waals surface area contributed by atoms with E-state index in [1.807, 2.05) is 87.4 Å². The number of rotatable bonds is 2. The second kappa shape index (κ2) is 22.6. The molecule has 0 aromatic heterocycles. The Morgan fingerprint density at radius 2 is 1.39 bits per heavy atom. The first-order valence-corrected chi connectivity index (χ1v) is 12.9. The lowest BCUT2D eigenvalue weighted by Crippen LogP contribution is -2.20. The van der Waals surface area contributed by atoms with Gasteiger partial charge in [-0.2, -0.15) is 0 Å². The second-order valence-corrected chi connectivity index (χ2v) is 7.80. The van der Waals surface area contributed by atoms with E-state index in [2.05, 4.69) is 40.4 Å². The van der Waals surface area contributed by atoms with E-state index in [9.17, 15) is 0 Å². The monoisotopic (exact) mass is 503 g/mol. The van der Waals surface area contributed by atoms with Gasteiger partial charge in [0.05, 0.1) is 17.1 Å². The van der Waals surface area contributed by atoms with Crippen LogP contribution in [0.5, 0.6) is 0 Å². The molecule has 6 nitrogen and oxygen atoms in total. The molecule has 0 N–H and O–H groups in total. The highest BCUT2D eigenvalue weighted by Crippen LogP contribution is 2.33. The summed E-state index contributed by atoms with van der Waals surface area (Å²) in [6.45, 7) is 22.0. The topological polar surface area (TPSA) is 64.8 Å². The summed E-state index contributed by atoms with van der Waals surface area (Å²) in [7, 11) is 0. The van der Waals surface area contributed by atoms with Gasteiger partial charge in [0, 0.05) is 25.7 Å². The second-order valence-electron chi connectivity index (χ2n) is 7.80. The summed E-state index contributed by atoms with van der Waals surface area (Å²) in [6, 6.07) is 10.2. The zero-order valence-electron chi connectivity index (χ0n) is 24.0. The first-order chi connectivity index (χ1) is 16.8. The fourth-order valence-corrected chi connectivity index (χ4v) is 3.16. The van der Waals surface area contributed by atoms with Crippen LogP contribution in [0.25, 0.3) is 0 Å². The number of terminal acetylenes is 1. The van der Waals surface area contributed by atoms with Crippen LogP contribution in [-0.2, 0) is 20.1 Å². The summed E-state index contributed by atoms with van der Waals surface area (Å²) in [5, 5.41) is 11.5. The van der Waals surface area contributed by atoms with Crippen LogP contribution >= 0.6 is 0 Å². The summed E-state index contributed by atoms with van der Waals surface area (Å²) in [5.74, 6) is 2.53. The van der Waals surface area contributed by atoms with Gasteiger partial charge >= 0.3 is 0 Å². The van der Waals surface area contributed by atoms with E-state index in [1.54, 1.807) is 0 Å². The zero-order chi connectivity index (χ0) is 27.3. The van der Waals surface area contributed by atoms with Crippen molar-refractivity contribution in [1.29, 1.82) is 0 Å². The molecule has 3 aliphatic rings. The van der Waals surface area contributed by atoms with Gasteiger partial charge in [-0.3, -0.25) is 0 Å². The average Bonchev–Trinajstić information content (AvgIpc) is 3.59. The van der Waals surface area contributed by atoms with E-state index in [0.717, 1.165) is 36.4 Å². The van der Waals surface area contributed by atoms with Gasteiger partial charge in [0.15, 0.2) is 5.60 Å². The molecule has 6 heteroatoms. The van der Waals surface area contributed by atoms with Crippen molar-refractivity contribution in [1.82, 2.24) is 0 Å². The Morgan fingerprint density at radius 3 is 1.72 bits per heavy atom. The number of hydrogen-bond donors (Lipinski definition) is 0. The molecule has 0 aliphatic carbocycles. The van der Waals surface area contributed by atoms with Crippen molar-refractivity contribution in [2.75, 3.05) is 0 Å². The third-order valence-corrected chi connectivity index (χ3v) is 4.58. The molecule has 0 saturated carbocycles. The summed E-state index contributed by atoms with van der Waals surface area (Å²) in [6.07, 6.45) is 8.99. The molecular weight excluding hydrogens is 450 g/mol. The van der Waals surface area contributed by atoms with Gasteiger partial charge in [-0.15, -0.1) is 12.3 Å². The predicted octanol–water partition coefficient (Wildman–Crippen LogP) is 8.76. The van der Waals surface area contributed by atoms with Gasteiger partial charge in [0.1, 0.15) is 12.2 Å². The number of hydrogen-bond acceptors (Lipinski definition) is 6. The van der Waals surface area contributed by atoms with Gasteiger partial charge in [-0.25, -0.2) is 0 Å². The minimum Gasteiger partial charge on any atom is -0.392 e. The molecule has 3 unspecified atom stereocenters. The average molecular weight is 504 g/mol. The lowest BCUT2D eigenvalue weighted by atomic mass is 9.91. The van der Waals surface area contributed by atoms with Crippen LogP contribution < -0.4 is 0 Å². The molecular formula is C30H53N3O3. The molecule has 0 radical (unpaired) electrons. The lowest BCUT2D eigenvalue weighted by molar-refractivity contribution is -0.00738. The highest BCUT2D eigenvalue weighted by Gasteiger charge is 2.34. The van der Waals surface area contributed by atoms with E-state index < -0.39 is 0 Å². The van der Waals surface area contributed by atoms with Crippen molar-refractivity contribution in [3.8, 4) is 12.3 Å². The fraction of sp³-hybridized carbons (Fsp3) is 0.633. The fourth-order valence-electron chi connectivity index (χ4n) is 3.16. The number of benzene rings is 1. The van der Waals surface area contributed by atoms with Gasteiger partial charge in [0.25, 0.3) is 0 Å². The van der Waals surface area contributed by atoms with Gasteiger partial charge < -0.3 is 14.5 Å². The molecule has 3 atom stereocenters. The van der Waals surface area contributed by atoms with Gasteiger partial charge in [-0.05, 0) is 40.2 Å². The van der Waals surface area contributed by atoms with Crippen molar-refractivity contribution in [2.24, 2.45) is 15.5 Å². The van der Waals surface area contributed by atoms with Gasteiger partial charge in [-0.1, -0.05) is 94.8 Å². The van der Waals surface area contributed by atoms with Crippen LogP contribution in [-0.4, -0.2) is 29.3 Å². The minimum atomic E-state index is -0.245.